The summed E-state index contributed by atoms with van der Waals surface area (Å²) in [5.74, 6) is 0.804. The summed E-state index contributed by atoms with van der Waals surface area (Å²) in [5.41, 5.74) is 6.57. The Hall–Kier alpha value is -1.09. The zero-order valence-corrected chi connectivity index (χ0v) is 11.4. The monoisotopic (exact) mass is 251 g/mol. The predicted octanol–water partition coefficient (Wildman–Crippen LogP) is 3.44. The van der Waals surface area contributed by atoms with Gasteiger partial charge in [0.15, 0.2) is 11.6 Å². The molecular formula is C15H22FNO. The van der Waals surface area contributed by atoms with Gasteiger partial charge in [-0.2, -0.15) is 0 Å². The highest BCUT2D eigenvalue weighted by atomic mass is 19.1. The molecule has 1 saturated carbocycles. The Balaban J connectivity index is 2.45. The van der Waals surface area contributed by atoms with Gasteiger partial charge in [0.05, 0.1) is 7.11 Å². The summed E-state index contributed by atoms with van der Waals surface area (Å²) in [5, 5.41) is 0. The van der Waals surface area contributed by atoms with Crippen LogP contribution in [0.15, 0.2) is 18.2 Å². The zero-order valence-electron chi connectivity index (χ0n) is 11.4. The van der Waals surface area contributed by atoms with E-state index in [1.807, 2.05) is 6.07 Å². The Labute approximate surface area is 108 Å². The van der Waals surface area contributed by atoms with Crippen molar-refractivity contribution in [3.8, 4) is 5.75 Å². The van der Waals surface area contributed by atoms with Crippen LogP contribution in [-0.2, 0) is 5.54 Å². The Kier molecular flexibility index (Phi) is 3.62. The molecule has 0 amide bonds. The van der Waals surface area contributed by atoms with Crippen LogP contribution in [0, 0.1) is 17.7 Å². The molecule has 3 heteroatoms. The molecule has 2 nitrogen and oxygen atoms in total. The summed E-state index contributed by atoms with van der Waals surface area (Å²) in [6.07, 6.45) is 3.05. The molecule has 1 fully saturated rings. The molecule has 1 aliphatic rings. The molecule has 100 valence electrons. The van der Waals surface area contributed by atoms with Crippen LogP contribution in [0.4, 0.5) is 4.39 Å². The van der Waals surface area contributed by atoms with Gasteiger partial charge in [-0.3, -0.25) is 0 Å². The normalized spacial score (nSPS) is 32.3. The zero-order chi connectivity index (χ0) is 13.3. The lowest BCUT2D eigenvalue weighted by Crippen LogP contribution is -2.47. The Bertz CT molecular complexity index is 435. The Morgan fingerprint density at radius 3 is 2.72 bits per heavy atom. The first kappa shape index (κ1) is 13.3. The molecule has 0 spiro atoms. The second kappa shape index (κ2) is 4.88. The number of halogens is 1. The third-order valence-corrected chi connectivity index (χ3v) is 4.34. The average Bonchev–Trinajstić information content (AvgIpc) is 2.34. The maximum absolute atomic E-state index is 14.4. The predicted molar refractivity (Wildman–Crippen MR) is 71.0 cm³/mol. The fraction of sp³-hybridized carbons (Fsp3) is 0.600. The van der Waals surface area contributed by atoms with Crippen molar-refractivity contribution in [2.45, 2.75) is 38.6 Å². The van der Waals surface area contributed by atoms with Crippen molar-refractivity contribution in [1.82, 2.24) is 0 Å². The molecule has 0 radical (unpaired) electrons. The Morgan fingerprint density at radius 1 is 1.33 bits per heavy atom. The largest absolute Gasteiger partial charge is 0.494 e. The lowest BCUT2D eigenvalue weighted by atomic mass is 9.67. The number of nitrogens with two attached hydrogens (primary N) is 1. The first-order valence-corrected chi connectivity index (χ1v) is 6.61. The van der Waals surface area contributed by atoms with E-state index < -0.39 is 5.54 Å². The summed E-state index contributed by atoms with van der Waals surface area (Å²) < 4.78 is 19.5. The molecule has 2 N–H and O–H groups in total. The molecule has 1 aliphatic carbocycles. The van der Waals surface area contributed by atoms with Crippen molar-refractivity contribution in [2.24, 2.45) is 17.6 Å². The number of methoxy groups -OCH3 is 1. The van der Waals surface area contributed by atoms with Crippen LogP contribution < -0.4 is 10.5 Å². The van der Waals surface area contributed by atoms with Crippen molar-refractivity contribution < 1.29 is 9.13 Å². The molecule has 1 aromatic rings. The number of rotatable bonds is 2. The highest BCUT2D eigenvalue weighted by molar-refractivity contribution is 5.36. The van der Waals surface area contributed by atoms with E-state index in [-0.39, 0.29) is 17.5 Å². The van der Waals surface area contributed by atoms with Gasteiger partial charge in [0.25, 0.3) is 0 Å². The van der Waals surface area contributed by atoms with Crippen molar-refractivity contribution in [3.05, 3.63) is 29.6 Å². The standard InChI is InChI=1S/C15H22FNO/c1-10-7-8-11(2)15(17,9-10)12-5-4-6-13(18-3)14(12)16/h4-6,10-11H,7-9,17H2,1-3H3. The summed E-state index contributed by atoms with van der Waals surface area (Å²) in [6.45, 7) is 4.30. The summed E-state index contributed by atoms with van der Waals surface area (Å²) in [7, 11) is 1.48. The number of benzene rings is 1. The van der Waals surface area contributed by atoms with Gasteiger partial charge in [0, 0.05) is 11.1 Å². The topological polar surface area (TPSA) is 35.2 Å². The minimum absolute atomic E-state index is 0.280. The van der Waals surface area contributed by atoms with Crippen LogP contribution in [0.25, 0.3) is 0 Å². The van der Waals surface area contributed by atoms with E-state index in [1.54, 1.807) is 12.1 Å². The van der Waals surface area contributed by atoms with Gasteiger partial charge in [-0.25, -0.2) is 4.39 Å². The van der Waals surface area contributed by atoms with Gasteiger partial charge in [0.2, 0.25) is 0 Å². The smallest absolute Gasteiger partial charge is 0.170 e. The first-order valence-electron chi connectivity index (χ1n) is 6.61. The molecular weight excluding hydrogens is 229 g/mol. The van der Waals surface area contributed by atoms with E-state index in [4.69, 9.17) is 10.5 Å². The lowest BCUT2D eigenvalue weighted by Gasteiger charge is -2.43. The van der Waals surface area contributed by atoms with Crippen LogP contribution in [-0.4, -0.2) is 7.11 Å². The molecule has 0 bridgehead atoms. The van der Waals surface area contributed by atoms with Gasteiger partial charge in [-0.1, -0.05) is 32.4 Å². The van der Waals surface area contributed by atoms with Gasteiger partial charge in [0.1, 0.15) is 0 Å². The third kappa shape index (κ3) is 2.12. The van der Waals surface area contributed by atoms with E-state index in [0.29, 0.717) is 11.5 Å². The molecule has 18 heavy (non-hydrogen) atoms. The maximum Gasteiger partial charge on any atom is 0.170 e. The highest BCUT2D eigenvalue weighted by Gasteiger charge is 2.40. The second-order valence-electron chi connectivity index (χ2n) is 5.65. The molecule has 2 rings (SSSR count). The molecule has 0 aliphatic heterocycles. The van der Waals surface area contributed by atoms with Gasteiger partial charge >= 0.3 is 0 Å². The second-order valence-corrected chi connectivity index (χ2v) is 5.65. The minimum Gasteiger partial charge on any atom is -0.494 e. The minimum atomic E-state index is -0.573. The van der Waals surface area contributed by atoms with E-state index in [9.17, 15) is 4.39 Å². The van der Waals surface area contributed by atoms with E-state index in [2.05, 4.69) is 13.8 Å². The third-order valence-electron chi connectivity index (χ3n) is 4.34. The van der Waals surface area contributed by atoms with Crippen LogP contribution in [0.3, 0.4) is 0 Å². The van der Waals surface area contributed by atoms with Gasteiger partial charge < -0.3 is 10.5 Å². The number of hydrogen-bond donors (Lipinski definition) is 1. The van der Waals surface area contributed by atoms with Crippen molar-refractivity contribution >= 4 is 0 Å². The molecule has 3 atom stereocenters. The number of hydrogen-bond acceptors (Lipinski definition) is 2. The molecule has 1 aromatic carbocycles. The van der Waals surface area contributed by atoms with Crippen LogP contribution in [0.5, 0.6) is 5.75 Å². The molecule has 0 aromatic heterocycles. The average molecular weight is 251 g/mol. The fourth-order valence-corrected chi connectivity index (χ4v) is 3.08. The molecule has 0 saturated heterocycles. The number of ether oxygens (including phenoxy) is 1. The lowest BCUT2D eigenvalue weighted by molar-refractivity contribution is 0.156. The fourth-order valence-electron chi connectivity index (χ4n) is 3.08. The van der Waals surface area contributed by atoms with Crippen molar-refractivity contribution in [1.29, 1.82) is 0 Å². The first-order chi connectivity index (χ1) is 8.49. The van der Waals surface area contributed by atoms with Crippen LogP contribution in [0.2, 0.25) is 0 Å². The SMILES string of the molecule is COc1cccc(C2(N)CC(C)CCC2C)c1F. The highest BCUT2D eigenvalue weighted by Crippen LogP contribution is 2.43. The maximum atomic E-state index is 14.4. The van der Waals surface area contributed by atoms with Crippen molar-refractivity contribution in [3.63, 3.8) is 0 Å². The van der Waals surface area contributed by atoms with E-state index in [0.717, 1.165) is 12.8 Å². The van der Waals surface area contributed by atoms with Crippen LogP contribution in [0.1, 0.15) is 38.7 Å². The summed E-state index contributed by atoms with van der Waals surface area (Å²) in [6, 6.07) is 5.25. The quantitative estimate of drug-likeness (QED) is 0.873. The van der Waals surface area contributed by atoms with Crippen LogP contribution >= 0.6 is 0 Å². The van der Waals surface area contributed by atoms with E-state index >= 15 is 0 Å². The Morgan fingerprint density at radius 2 is 2.06 bits per heavy atom. The summed E-state index contributed by atoms with van der Waals surface area (Å²) >= 11 is 0. The van der Waals surface area contributed by atoms with E-state index in [1.165, 1.54) is 13.5 Å². The summed E-state index contributed by atoms with van der Waals surface area (Å²) in [4.78, 5) is 0. The molecule has 0 heterocycles. The van der Waals surface area contributed by atoms with Gasteiger partial charge in [-0.15, -0.1) is 0 Å². The van der Waals surface area contributed by atoms with Crippen molar-refractivity contribution in [2.75, 3.05) is 7.11 Å². The molecule has 3 unspecified atom stereocenters. The van der Waals surface area contributed by atoms with Gasteiger partial charge in [-0.05, 0) is 30.7 Å².